The topological polar surface area (TPSA) is 97.4 Å². The van der Waals surface area contributed by atoms with Crippen LogP contribution in [0.15, 0.2) is 54.6 Å². The minimum Gasteiger partial charge on any atom is -0.489 e. The molecular weight excluding hydrogens is 406 g/mol. The standard InChI is InChI=1S/C25H25N3O4/c1-16-14-18(20-7-3-4-8-21(20)26-16)15-32-19-11-9-17(10-12-19)6-5-13-25(2)22(29)27-24(31)28-23(25)30/h3-4,7-12,14H,5-6,13,15H2,1-2H3,(H2,27,28,29,30,31). The van der Waals surface area contributed by atoms with Gasteiger partial charge in [-0.1, -0.05) is 30.3 Å². The van der Waals surface area contributed by atoms with Gasteiger partial charge in [0.25, 0.3) is 0 Å². The average Bonchev–Trinajstić information content (AvgIpc) is 2.77. The summed E-state index contributed by atoms with van der Waals surface area (Å²) in [5.41, 5.74) is 2.85. The van der Waals surface area contributed by atoms with E-state index in [1.807, 2.05) is 61.5 Å². The van der Waals surface area contributed by atoms with E-state index in [2.05, 4.69) is 15.6 Å². The van der Waals surface area contributed by atoms with Crippen molar-refractivity contribution in [3.05, 3.63) is 71.4 Å². The van der Waals surface area contributed by atoms with Crippen LogP contribution in [0.25, 0.3) is 10.9 Å². The first-order chi connectivity index (χ1) is 15.3. The highest BCUT2D eigenvalue weighted by atomic mass is 16.5. The number of para-hydroxylation sites is 1. The number of aromatic nitrogens is 1. The number of carbonyl (C=O) groups is 3. The van der Waals surface area contributed by atoms with E-state index in [-0.39, 0.29) is 0 Å². The van der Waals surface area contributed by atoms with E-state index >= 15 is 0 Å². The Morgan fingerprint density at radius 2 is 1.66 bits per heavy atom. The summed E-state index contributed by atoms with van der Waals surface area (Å²) in [6.45, 7) is 3.99. The molecular formula is C25H25N3O4. The van der Waals surface area contributed by atoms with Gasteiger partial charge < -0.3 is 4.74 Å². The molecule has 2 N–H and O–H groups in total. The van der Waals surface area contributed by atoms with Gasteiger partial charge in [0.2, 0.25) is 11.8 Å². The van der Waals surface area contributed by atoms with Crippen LogP contribution in [0, 0.1) is 12.3 Å². The van der Waals surface area contributed by atoms with E-state index in [1.165, 1.54) is 0 Å². The van der Waals surface area contributed by atoms with Gasteiger partial charge in [-0.25, -0.2) is 4.79 Å². The molecule has 0 saturated carbocycles. The number of ether oxygens (including phenoxy) is 1. The minimum absolute atomic E-state index is 0.352. The second kappa shape index (κ2) is 8.78. The largest absolute Gasteiger partial charge is 0.489 e. The number of nitrogens with zero attached hydrogens (tertiary/aromatic N) is 1. The number of imide groups is 2. The molecule has 7 heteroatoms. The van der Waals surface area contributed by atoms with Crippen molar-refractivity contribution in [1.82, 2.24) is 15.6 Å². The third kappa shape index (κ3) is 4.46. The van der Waals surface area contributed by atoms with Crippen LogP contribution in [-0.4, -0.2) is 22.8 Å². The van der Waals surface area contributed by atoms with Gasteiger partial charge in [-0.15, -0.1) is 0 Å². The number of barbiturate groups is 1. The van der Waals surface area contributed by atoms with E-state index in [4.69, 9.17) is 4.74 Å². The summed E-state index contributed by atoms with van der Waals surface area (Å²) in [5, 5.41) is 5.42. The van der Waals surface area contributed by atoms with Crippen molar-refractivity contribution in [3.63, 3.8) is 0 Å². The maximum absolute atomic E-state index is 12.1. The molecule has 1 saturated heterocycles. The van der Waals surface area contributed by atoms with Crippen LogP contribution in [0.2, 0.25) is 0 Å². The maximum Gasteiger partial charge on any atom is 0.328 e. The second-order valence-corrected chi connectivity index (χ2v) is 8.30. The fourth-order valence-corrected chi connectivity index (χ4v) is 3.92. The number of carbonyl (C=O) groups excluding carboxylic acids is 3. The van der Waals surface area contributed by atoms with Gasteiger partial charge in [0.1, 0.15) is 17.8 Å². The van der Waals surface area contributed by atoms with Crippen LogP contribution in [-0.2, 0) is 22.6 Å². The summed E-state index contributed by atoms with van der Waals surface area (Å²) in [5.74, 6) is -0.327. The number of fused-ring (bicyclic) bond motifs is 1. The first kappa shape index (κ1) is 21.5. The Kier molecular flexibility index (Phi) is 5.90. The van der Waals surface area contributed by atoms with Gasteiger partial charge in [-0.05, 0) is 62.9 Å². The van der Waals surface area contributed by atoms with E-state index < -0.39 is 23.3 Å². The molecule has 164 valence electrons. The van der Waals surface area contributed by atoms with Gasteiger partial charge in [-0.2, -0.15) is 0 Å². The van der Waals surface area contributed by atoms with Crippen LogP contribution in [0.5, 0.6) is 5.75 Å². The molecule has 0 unspecified atom stereocenters. The molecule has 2 aromatic carbocycles. The lowest BCUT2D eigenvalue weighted by Crippen LogP contribution is -2.61. The lowest BCUT2D eigenvalue weighted by atomic mass is 9.81. The van der Waals surface area contributed by atoms with Crippen molar-refractivity contribution < 1.29 is 19.1 Å². The molecule has 0 aliphatic carbocycles. The number of pyridine rings is 1. The molecule has 0 atom stereocenters. The molecule has 1 aliphatic heterocycles. The predicted molar refractivity (Wildman–Crippen MR) is 120 cm³/mol. The van der Waals surface area contributed by atoms with Gasteiger partial charge >= 0.3 is 6.03 Å². The molecule has 1 fully saturated rings. The fraction of sp³-hybridized carbons (Fsp3) is 0.280. The first-order valence-electron chi connectivity index (χ1n) is 10.6. The number of hydrogen-bond donors (Lipinski definition) is 2. The van der Waals surface area contributed by atoms with Crippen molar-refractivity contribution in [3.8, 4) is 5.75 Å². The summed E-state index contributed by atoms with van der Waals surface area (Å²) in [4.78, 5) is 40.0. The van der Waals surface area contributed by atoms with Crippen molar-refractivity contribution in [2.24, 2.45) is 5.41 Å². The highest BCUT2D eigenvalue weighted by Crippen LogP contribution is 2.27. The van der Waals surface area contributed by atoms with Crippen molar-refractivity contribution in [2.75, 3.05) is 0 Å². The quantitative estimate of drug-likeness (QED) is 0.555. The summed E-state index contributed by atoms with van der Waals surface area (Å²) < 4.78 is 6.00. The molecule has 0 radical (unpaired) electrons. The Hall–Kier alpha value is -3.74. The van der Waals surface area contributed by atoms with E-state index in [0.717, 1.165) is 33.5 Å². The molecule has 3 aromatic rings. The van der Waals surface area contributed by atoms with Crippen LogP contribution >= 0.6 is 0 Å². The number of rotatable bonds is 7. The zero-order chi connectivity index (χ0) is 22.7. The highest BCUT2D eigenvalue weighted by molar-refractivity contribution is 6.18. The molecule has 2 heterocycles. The smallest absolute Gasteiger partial charge is 0.328 e. The molecule has 7 nitrogen and oxygen atoms in total. The molecule has 0 spiro atoms. The Balaban J connectivity index is 1.34. The van der Waals surface area contributed by atoms with E-state index in [9.17, 15) is 14.4 Å². The van der Waals surface area contributed by atoms with Crippen molar-refractivity contribution >= 4 is 28.7 Å². The predicted octanol–water partition coefficient (Wildman–Crippen LogP) is 3.82. The zero-order valence-corrected chi connectivity index (χ0v) is 18.1. The number of urea groups is 1. The molecule has 32 heavy (non-hydrogen) atoms. The zero-order valence-electron chi connectivity index (χ0n) is 18.1. The Bertz CT molecular complexity index is 1170. The van der Waals surface area contributed by atoms with Crippen molar-refractivity contribution in [1.29, 1.82) is 0 Å². The third-order valence-electron chi connectivity index (χ3n) is 5.85. The molecule has 4 amide bonds. The Labute approximate surface area is 186 Å². The maximum atomic E-state index is 12.1. The van der Waals surface area contributed by atoms with Gasteiger partial charge in [-0.3, -0.25) is 25.2 Å². The molecule has 1 aromatic heterocycles. The number of benzene rings is 2. The summed E-state index contributed by atoms with van der Waals surface area (Å²) >= 11 is 0. The first-order valence-corrected chi connectivity index (χ1v) is 10.6. The summed E-state index contributed by atoms with van der Waals surface area (Å²) in [7, 11) is 0. The monoisotopic (exact) mass is 431 g/mol. The van der Waals surface area contributed by atoms with Gasteiger partial charge in [0.05, 0.1) is 5.52 Å². The summed E-state index contributed by atoms with van der Waals surface area (Å²) in [6.07, 6.45) is 1.69. The van der Waals surface area contributed by atoms with E-state index in [1.54, 1.807) is 6.92 Å². The third-order valence-corrected chi connectivity index (χ3v) is 5.85. The number of nitrogens with one attached hydrogen (secondary N) is 2. The number of aryl methyl sites for hydroxylation is 2. The van der Waals surface area contributed by atoms with Crippen molar-refractivity contribution in [2.45, 2.75) is 39.7 Å². The number of hydrogen-bond acceptors (Lipinski definition) is 5. The van der Waals surface area contributed by atoms with Crippen LogP contribution in [0.1, 0.15) is 36.6 Å². The van der Waals surface area contributed by atoms with E-state index in [0.29, 0.717) is 25.9 Å². The van der Waals surface area contributed by atoms with Gasteiger partial charge in [0.15, 0.2) is 0 Å². The lowest BCUT2D eigenvalue weighted by Gasteiger charge is -2.30. The molecule has 1 aliphatic rings. The Morgan fingerprint density at radius 1 is 0.969 bits per heavy atom. The normalized spacial score (nSPS) is 15.4. The average molecular weight is 431 g/mol. The fourth-order valence-electron chi connectivity index (χ4n) is 3.92. The highest BCUT2D eigenvalue weighted by Gasteiger charge is 2.45. The molecule has 0 bridgehead atoms. The van der Waals surface area contributed by atoms with Gasteiger partial charge in [0, 0.05) is 16.6 Å². The molecule has 4 rings (SSSR count). The SMILES string of the molecule is Cc1cc(COc2ccc(CCCC3(C)C(=O)NC(=O)NC3=O)cc2)c2ccccc2n1. The minimum atomic E-state index is -1.23. The number of amides is 4. The summed E-state index contributed by atoms with van der Waals surface area (Å²) in [6, 6.07) is 17.1. The van der Waals surface area contributed by atoms with Crippen LogP contribution < -0.4 is 15.4 Å². The second-order valence-electron chi connectivity index (χ2n) is 8.30. The Morgan fingerprint density at radius 3 is 2.38 bits per heavy atom. The lowest BCUT2D eigenvalue weighted by molar-refractivity contribution is -0.143. The van der Waals surface area contributed by atoms with Crippen LogP contribution in [0.3, 0.4) is 0 Å². The van der Waals surface area contributed by atoms with Crippen LogP contribution in [0.4, 0.5) is 4.79 Å².